The molecule has 0 spiro atoms. The standard InChI is InChI=1S/C26H33N5O3/c1-17-5-2-6-20(28-17)23(33)30-25-12-18-11-19(13-25)15-26(14-18,16-25)31-24(34)21-7-3-8-22(29-21)27-9-4-10-32/h2-3,5-8,18-19,32H,4,9-16H2,1H3,(H,27,29)(H,30,33)(H,31,34). The van der Waals surface area contributed by atoms with E-state index in [1.165, 1.54) is 6.42 Å². The Bertz CT molecular complexity index is 1070. The largest absolute Gasteiger partial charge is 0.396 e. The minimum absolute atomic E-state index is 0.107. The molecule has 2 amide bonds. The zero-order chi connectivity index (χ0) is 23.8. The number of carbonyl (C=O) groups is 2. The Balaban J connectivity index is 1.31. The van der Waals surface area contributed by atoms with E-state index >= 15 is 0 Å². The smallest absolute Gasteiger partial charge is 0.270 e. The number of hydrogen-bond acceptors (Lipinski definition) is 6. The van der Waals surface area contributed by atoms with Gasteiger partial charge < -0.3 is 21.1 Å². The summed E-state index contributed by atoms with van der Waals surface area (Å²) in [7, 11) is 0. The minimum atomic E-state index is -0.323. The molecule has 0 saturated heterocycles. The van der Waals surface area contributed by atoms with E-state index in [9.17, 15) is 9.59 Å². The van der Waals surface area contributed by atoms with Crippen molar-refractivity contribution < 1.29 is 14.7 Å². The summed E-state index contributed by atoms with van der Waals surface area (Å²) in [6.45, 7) is 2.59. The third-order valence-corrected chi connectivity index (χ3v) is 7.56. The first kappa shape index (κ1) is 22.8. The van der Waals surface area contributed by atoms with Crippen LogP contribution < -0.4 is 16.0 Å². The van der Waals surface area contributed by atoms with Crippen molar-refractivity contribution >= 4 is 17.6 Å². The minimum Gasteiger partial charge on any atom is -0.396 e. The lowest BCUT2D eigenvalue weighted by Gasteiger charge is -2.62. The number of aromatic nitrogens is 2. The molecule has 4 fully saturated rings. The van der Waals surface area contributed by atoms with Gasteiger partial charge in [-0.25, -0.2) is 9.97 Å². The molecule has 0 aromatic carbocycles. The number of hydrogen-bond donors (Lipinski definition) is 4. The van der Waals surface area contributed by atoms with Gasteiger partial charge in [0.2, 0.25) is 0 Å². The van der Waals surface area contributed by atoms with Gasteiger partial charge in [-0.05, 0) is 88.0 Å². The molecule has 0 radical (unpaired) electrons. The number of aliphatic hydroxyl groups is 1. The molecule has 4 saturated carbocycles. The number of carbonyl (C=O) groups excluding carboxylic acids is 2. The van der Waals surface area contributed by atoms with Crippen molar-refractivity contribution in [3.63, 3.8) is 0 Å². The molecule has 4 aliphatic rings. The second kappa shape index (κ2) is 8.98. The molecule has 34 heavy (non-hydrogen) atoms. The third-order valence-electron chi connectivity index (χ3n) is 7.56. The normalized spacial score (nSPS) is 29.0. The predicted octanol–water partition coefficient (Wildman–Crippen LogP) is 2.83. The van der Waals surface area contributed by atoms with E-state index in [2.05, 4.69) is 25.9 Å². The Labute approximate surface area is 200 Å². The van der Waals surface area contributed by atoms with Crippen molar-refractivity contribution in [2.75, 3.05) is 18.5 Å². The van der Waals surface area contributed by atoms with Gasteiger partial charge in [0.05, 0.1) is 0 Å². The Morgan fingerprint density at radius 2 is 1.53 bits per heavy atom. The van der Waals surface area contributed by atoms with Crippen LogP contribution in [0.1, 0.15) is 71.6 Å². The quantitative estimate of drug-likeness (QED) is 0.448. The zero-order valence-corrected chi connectivity index (χ0v) is 19.6. The number of aryl methyl sites for hydroxylation is 1. The molecular weight excluding hydrogens is 430 g/mol. The second-order valence-electron chi connectivity index (χ2n) is 10.5. The van der Waals surface area contributed by atoms with Crippen LogP contribution in [0.5, 0.6) is 0 Å². The molecule has 2 unspecified atom stereocenters. The fourth-order valence-corrected chi connectivity index (χ4v) is 6.79. The first-order valence-corrected chi connectivity index (χ1v) is 12.3. The second-order valence-corrected chi connectivity index (χ2v) is 10.5. The van der Waals surface area contributed by atoms with Gasteiger partial charge >= 0.3 is 0 Å². The topological polar surface area (TPSA) is 116 Å². The van der Waals surface area contributed by atoms with Gasteiger partial charge in [-0.1, -0.05) is 12.1 Å². The van der Waals surface area contributed by atoms with E-state index < -0.39 is 0 Å². The van der Waals surface area contributed by atoms with Crippen molar-refractivity contribution in [1.29, 1.82) is 0 Å². The SMILES string of the molecule is Cc1cccc(C(=O)NC23CC4CC(C2)CC(NC(=O)c2cccc(NCCCO)n2)(C4)C3)n1. The number of anilines is 1. The van der Waals surface area contributed by atoms with Crippen LogP contribution >= 0.6 is 0 Å². The van der Waals surface area contributed by atoms with Crippen molar-refractivity contribution in [3.8, 4) is 0 Å². The summed E-state index contributed by atoms with van der Waals surface area (Å²) in [5.74, 6) is 1.31. The summed E-state index contributed by atoms with van der Waals surface area (Å²) in [5.41, 5.74) is 1.02. The van der Waals surface area contributed by atoms with Gasteiger partial charge in [-0.3, -0.25) is 9.59 Å². The van der Waals surface area contributed by atoms with Gasteiger partial charge in [-0.2, -0.15) is 0 Å². The summed E-state index contributed by atoms with van der Waals surface area (Å²) < 4.78 is 0. The summed E-state index contributed by atoms with van der Waals surface area (Å²) >= 11 is 0. The average Bonchev–Trinajstić information content (AvgIpc) is 2.78. The lowest BCUT2D eigenvalue weighted by atomic mass is 9.49. The van der Waals surface area contributed by atoms with Gasteiger partial charge in [0.25, 0.3) is 11.8 Å². The van der Waals surface area contributed by atoms with E-state index in [4.69, 9.17) is 5.11 Å². The molecule has 8 heteroatoms. The van der Waals surface area contributed by atoms with Crippen LogP contribution in [0.2, 0.25) is 0 Å². The molecule has 6 rings (SSSR count). The van der Waals surface area contributed by atoms with Crippen molar-refractivity contribution in [3.05, 3.63) is 53.5 Å². The molecule has 2 aromatic heterocycles. The van der Waals surface area contributed by atoms with Gasteiger partial charge in [0.15, 0.2) is 0 Å². The van der Waals surface area contributed by atoms with Crippen LogP contribution in [-0.2, 0) is 0 Å². The summed E-state index contributed by atoms with van der Waals surface area (Å²) in [6, 6.07) is 10.9. The maximum atomic E-state index is 13.3. The predicted molar refractivity (Wildman–Crippen MR) is 128 cm³/mol. The highest BCUT2D eigenvalue weighted by Gasteiger charge is 2.58. The maximum absolute atomic E-state index is 13.3. The first-order chi connectivity index (χ1) is 16.4. The van der Waals surface area contributed by atoms with E-state index in [1.807, 2.05) is 31.2 Å². The number of aliphatic hydroxyl groups excluding tert-OH is 1. The maximum Gasteiger partial charge on any atom is 0.270 e. The summed E-state index contributed by atoms with van der Waals surface area (Å²) in [6.07, 6.45) is 6.34. The fourth-order valence-electron chi connectivity index (χ4n) is 6.79. The van der Waals surface area contributed by atoms with Crippen LogP contribution in [0.15, 0.2) is 36.4 Å². The molecule has 4 aliphatic carbocycles. The number of nitrogens with zero attached hydrogens (tertiary/aromatic N) is 2. The Hall–Kier alpha value is -3.00. The van der Waals surface area contributed by atoms with E-state index in [0.717, 1.165) is 37.8 Å². The highest BCUT2D eigenvalue weighted by Crippen LogP contribution is 2.57. The molecular formula is C26H33N5O3. The lowest BCUT2D eigenvalue weighted by molar-refractivity contribution is -0.0449. The van der Waals surface area contributed by atoms with Gasteiger partial charge in [0, 0.05) is 29.9 Å². The average molecular weight is 464 g/mol. The molecule has 4 N–H and O–H groups in total. The van der Waals surface area contributed by atoms with Crippen LogP contribution in [-0.4, -0.2) is 51.1 Å². The summed E-state index contributed by atoms with van der Waals surface area (Å²) in [4.78, 5) is 35.2. The highest BCUT2D eigenvalue weighted by atomic mass is 16.3. The zero-order valence-electron chi connectivity index (χ0n) is 19.6. The molecule has 2 atom stereocenters. The fraction of sp³-hybridized carbons (Fsp3) is 0.538. The van der Waals surface area contributed by atoms with Crippen LogP contribution in [0.25, 0.3) is 0 Å². The van der Waals surface area contributed by atoms with Crippen LogP contribution in [0.3, 0.4) is 0 Å². The number of pyridine rings is 2. The van der Waals surface area contributed by atoms with Crippen LogP contribution in [0, 0.1) is 18.8 Å². The van der Waals surface area contributed by atoms with Crippen LogP contribution in [0.4, 0.5) is 5.82 Å². The van der Waals surface area contributed by atoms with Gasteiger partial charge in [-0.15, -0.1) is 0 Å². The molecule has 0 aliphatic heterocycles. The number of amides is 2. The summed E-state index contributed by atoms with van der Waals surface area (Å²) in [5, 5.41) is 18.8. The molecule has 8 nitrogen and oxygen atoms in total. The van der Waals surface area contributed by atoms with E-state index in [1.54, 1.807) is 12.1 Å². The number of rotatable bonds is 8. The van der Waals surface area contributed by atoms with Gasteiger partial charge in [0.1, 0.15) is 17.2 Å². The molecule has 2 aromatic rings. The van der Waals surface area contributed by atoms with Crippen molar-refractivity contribution in [1.82, 2.24) is 20.6 Å². The molecule has 180 valence electrons. The third kappa shape index (κ3) is 4.64. The highest BCUT2D eigenvalue weighted by molar-refractivity contribution is 5.94. The first-order valence-electron chi connectivity index (χ1n) is 12.3. The lowest BCUT2D eigenvalue weighted by Crippen LogP contribution is -2.70. The number of nitrogens with one attached hydrogen (secondary N) is 3. The van der Waals surface area contributed by atoms with E-state index in [0.29, 0.717) is 42.0 Å². The molecule has 4 bridgehead atoms. The van der Waals surface area contributed by atoms with E-state index in [-0.39, 0.29) is 29.5 Å². The molecule has 2 heterocycles. The van der Waals surface area contributed by atoms with Crippen molar-refractivity contribution in [2.24, 2.45) is 11.8 Å². The Morgan fingerprint density at radius 1 is 0.941 bits per heavy atom. The van der Waals surface area contributed by atoms with Crippen molar-refractivity contribution in [2.45, 2.75) is 62.9 Å². The Morgan fingerprint density at radius 3 is 2.12 bits per heavy atom. The monoisotopic (exact) mass is 463 g/mol. The Kier molecular flexibility index (Phi) is 6.02.